The Labute approximate surface area is 127 Å². The van der Waals surface area contributed by atoms with Crippen LogP contribution in [0, 0.1) is 13.8 Å². The Morgan fingerprint density at radius 1 is 1.10 bits per heavy atom. The summed E-state index contributed by atoms with van der Waals surface area (Å²) in [6, 6.07) is 4.52. The molecule has 1 saturated heterocycles. The summed E-state index contributed by atoms with van der Waals surface area (Å²) < 4.78 is 2.42. The van der Waals surface area contributed by atoms with Crippen molar-refractivity contribution in [2.45, 2.75) is 33.7 Å². The Morgan fingerprint density at radius 2 is 1.81 bits per heavy atom. The van der Waals surface area contributed by atoms with Crippen LogP contribution in [0.15, 0.2) is 18.3 Å². The number of rotatable bonds is 4. The van der Waals surface area contributed by atoms with Gasteiger partial charge in [-0.15, -0.1) is 0 Å². The van der Waals surface area contributed by atoms with Gasteiger partial charge in [-0.05, 0) is 43.9 Å². The average Bonchev–Trinajstić information content (AvgIpc) is 2.90. The first-order chi connectivity index (χ1) is 10.2. The van der Waals surface area contributed by atoms with E-state index in [0.717, 1.165) is 26.1 Å². The van der Waals surface area contributed by atoms with Crippen molar-refractivity contribution >= 4 is 10.9 Å². The summed E-state index contributed by atoms with van der Waals surface area (Å²) in [5.74, 6) is 0. The van der Waals surface area contributed by atoms with Gasteiger partial charge in [-0.25, -0.2) is 0 Å². The lowest BCUT2D eigenvalue weighted by Crippen LogP contribution is -2.44. The zero-order valence-corrected chi connectivity index (χ0v) is 13.6. The van der Waals surface area contributed by atoms with Crippen molar-refractivity contribution in [1.29, 1.82) is 0 Å². The first-order valence-electron chi connectivity index (χ1n) is 8.21. The van der Waals surface area contributed by atoms with Crippen LogP contribution in [0.5, 0.6) is 0 Å². The molecule has 0 aliphatic carbocycles. The Bertz CT molecular complexity index is 621. The van der Waals surface area contributed by atoms with Crippen molar-refractivity contribution in [2.24, 2.45) is 0 Å². The molecule has 0 radical (unpaired) electrons. The topological polar surface area (TPSA) is 20.2 Å². The molecule has 0 saturated carbocycles. The van der Waals surface area contributed by atoms with Crippen molar-refractivity contribution in [2.75, 3.05) is 32.7 Å². The van der Waals surface area contributed by atoms with Gasteiger partial charge in [0, 0.05) is 50.9 Å². The van der Waals surface area contributed by atoms with Gasteiger partial charge in [-0.1, -0.05) is 12.1 Å². The summed E-state index contributed by atoms with van der Waals surface area (Å²) in [6.07, 6.45) is 3.54. The first kappa shape index (κ1) is 14.6. The predicted octanol–water partition coefficient (Wildman–Crippen LogP) is 2.73. The molecule has 0 spiro atoms. The van der Waals surface area contributed by atoms with Crippen molar-refractivity contribution < 1.29 is 0 Å². The van der Waals surface area contributed by atoms with E-state index in [1.54, 1.807) is 0 Å². The van der Waals surface area contributed by atoms with Crippen LogP contribution in [0.1, 0.15) is 23.6 Å². The van der Waals surface area contributed by atoms with E-state index in [1.165, 1.54) is 47.2 Å². The summed E-state index contributed by atoms with van der Waals surface area (Å²) in [4.78, 5) is 2.58. The lowest BCUT2D eigenvalue weighted by molar-refractivity contribution is 0.244. The summed E-state index contributed by atoms with van der Waals surface area (Å²) in [6.45, 7) is 13.6. The lowest BCUT2D eigenvalue weighted by atomic mass is 10.0. The van der Waals surface area contributed by atoms with Gasteiger partial charge in [0.15, 0.2) is 0 Å². The minimum Gasteiger partial charge on any atom is -0.347 e. The molecule has 0 bridgehead atoms. The molecular weight excluding hydrogens is 258 g/mol. The fourth-order valence-corrected chi connectivity index (χ4v) is 3.54. The van der Waals surface area contributed by atoms with E-state index in [-0.39, 0.29) is 0 Å². The van der Waals surface area contributed by atoms with Crippen LogP contribution in [0.4, 0.5) is 0 Å². The molecule has 1 N–H and O–H groups in total. The Balaban J connectivity index is 1.89. The van der Waals surface area contributed by atoms with Gasteiger partial charge in [0.2, 0.25) is 0 Å². The maximum atomic E-state index is 3.43. The van der Waals surface area contributed by atoms with E-state index in [1.807, 2.05) is 0 Å². The fourth-order valence-electron chi connectivity index (χ4n) is 3.54. The van der Waals surface area contributed by atoms with E-state index in [2.05, 4.69) is 53.9 Å². The lowest BCUT2D eigenvalue weighted by Gasteiger charge is -2.27. The second kappa shape index (κ2) is 6.20. The molecule has 0 atom stereocenters. The van der Waals surface area contributed by atoms with E-state index in [4.69, 9.17) is 0 Å². The average molecular weight is 285 g/mol. The first-order valence-corrected chi connectivity index (χ1v) is 8.21. The van der Waals surface area contributed by atoms with E-state index in [0.29, 0.717) is 0 Å². The van der Waals surface area contributed by atoms with E-state index < -0.39 is 0 Å². The molecule has 3 rings (SSSR count). The molecule has 0 unspecified atom stereocenters. The molecule has 114 valence electrons. The maximum Gasteiger partial charge on any atom is 0.0515 e. The minimum absolute atomic E-state index is 1.05. The molecule has 3 heteroatoms. The Morgan fingerprint density at radius 3 is 2.52 bits per heavy atom. The second-order valence-corrected chi connectivity index (χ2v) is 6.20. The van der Waals surface area contributed by atoms with Crippen LogP contribution in [0.25, 0.3) is 10.9 Å². The normalized spacial score (nSPS) is 16.7. The van der Waals surface area contributed by atoms with Gasteiger partial charge in [-0.3, -0.25) is 0 Å². The monoisotopic (exact) mass is 285 g/mol. The number of nitrogens with one attached hydrogen (secondary N) is 1. The highest BCUT2D eigenvalue weighted by atomic mass is 15.2. The van der Waals surface area contributed by atoms with Crippen LogP contribution >= 0.6 is 0 Å². The third-order valence-corrected chi connectivity index (χ3v) is 4.76. The van der Waals surface area contributed by atoms with Crippen molar-refractivity contribution in [1.82, 2.24) is 14.8 Å². The quantitative estimate of drug-likeness (QED) is 0.932. The SMILES string of the molecule is CCn1cc(CCN2CCNCC2)c2c(C)ccc(C)c21. The molecule has 1 aromatic carbocycles. The third-order valence-electron chi connectivity index (χ3n) is 4.76. The maximum absolute atomic E-state index is 3.43. The van der Waals surface area contributed by atoms with Crippen LogP contribution in [-0.4, -0.2) is 42.2 Å². The zero-order chi connectivity index (χ0) is 14.8. The summed E-state index contributed by atoms with van der Waals surface area (Å²) in [5, 5.41) is 4.92. The number of fused-ring (bicyclic) bond motifs is 1. The van der Waals surface area contributed by atoms with Crippen molar-refractivity contribution in [3.8, 4) is 0 Å². The van der Waals surface area contributed by atoms with E-state index >= 15 is 0 Å². The number of hydrogen-bond donors (Lipinski definition) is 1. The molecular formula is C18H27N3. The predicted molar refractivity (Wildman–Crippen MR) is 90.1 cm³/mol. The minimum atomic E-state index is 1.05. The smallest absolute Gasteiger partial charge is 0.0515 e. The Hall–Kier alpha value is -1.32. The standard InChI is InChI=1S/C18H27N3/c1-4-21-13-16(7-10-20-11-8-19-9-12-20)17-14(2)5-6-15(3)18(17)21/h5-6,13,19H,4,7-12H2,1-3H3. The van der Waals surface area contributed by atoms with Crippen LogP contribution in [0.2, 0.25) is 0 Å². The molecule has 1 aromatic heterocycles. The summed E-state index contributed by atoms with van der Waals surface area (Å²) >= 11 is 0. The number of hydrogen-bond acceptors (Lipinski definition) is 2. The molecule has 2 aromatic rings. The van der Waals surface area contributed by atoms with Gasteiger partial charge >= 0.3 is 0 Å². The third kappa shape index (κ3) is 2.85. The molecule has 2 heterocycles. The van der Waals surface area contributed by atoms with Crippen molar-refractivity contribution in [3.63, 3.8) is 0 Å². The molecule has 1 fully saturated rings. The van der Waals surface area contributed by atoms with Crippen molar-refractivity contribution in [3.05, 3.63) is 35.0 Å². The highest BCUT2D eigenvalue weighted by Gasteiger charge is 2.14. The molecule has 0 amide bonds. The largest absolute Gasteiger partial charge is 0.347 e. The molecule has 1 aliphatic rings. The summed E-state index contributed by atoms with van der Waals surface area (Å²) in [5.41, 5.74) is 5.77. The second-order valence-electron chi connectivity index (χ2n) is 6.20. The van der Waals surface area contributed by atoms with Gasteiger partial charge in [0.1, 0.15) is 0 Å². The van der Waals surface area contributed by atoms with Gasteiger partial charge in [0.25, 0.3) is 0 Å². The number of aromatic nitrogens is 1. The highest BCUT2D eigenvalue weighted by molar-refractivity contribution is 5.89. The van der Waals surface area contributed by atoms with Gasteiger partial charge < -0.3 is 14.8 Å². The molecule has 1 aliphatic heterocycles. The van der Waals surface area contributed by atoms with Crippen LogP contribution < -0.4 is 5.32 Å². The highest BCUT2D eigenvalue weighted by Crippen LogP contribution is 2.28. The van der Waals surface area contributed by atoms with E-state index in [9.17, 15) is 0 Å². The molecule has 21 heavy (non-hydrogen) atoms. The fraction of sp³-hybridized carbons (Fsp3) is 0.556. The van der Waals surface area contributed by atoms with Gasteiger partial charge in [0.05, 0.1) is 5.52 Å². The number of nitrogens with zero attached hydrogens (tertiary/aromatic N) is 2. The van der Waals surface area contributed by atoms with Crippen LogP contribution in [0.3, 0.4) is 0 Å². The zero-order valence-electron chi connectivity index (χ0n) is 13.6. The van der Waals surface area contributed by atoms with Crippen LogP contribution in [-0.2, 0) is 13.0 Å². The summed E-state index contributed by atoms with van der Waals surface area (Å²) in [7, 11) is 0. The Kier molecular flexibility index (Phi) is 4.32. The number of piperazine rings is 1. The number of benzene rings is 1. The van der Waals surface area contributed by atoms with Gasteiger partial charge in [-0.2, -0.15) is 0 Å². The molecule has 3 nitrogen and oxygen atoms in total. The number of aryl methyl sites for hydroxylation is 3.